The van der Waals surface area contributed by atoms with E-state index in [1.165, 1.54) is 49.7 Å². The Balaban J connectivity index is 1.77. The van der Waals surface area contributed by atoms with Crippen LogP contribution in [-0.4, -0.2) is 5.11 Å². The third kappa shape index (κ3) is 2.44. The van der Waals surface area contributed by atoms with E-state index < -0.39 is 0 Å². The minimum atomic E-state index is 0.415. The summed E-state index contributed by atoms with van der Waals surface area (Å²) in [5.74, 6) is 9.80. The number of aromatic hydroxyl groups is 1. The molecule has 5 atom stereocenters. The molecule has 0 amide bonds. The van der Waals surface area contributed by atoms with Gasteiger partial charge in [-0.3, -0.25) is 0 Å². The van der Waals surface area contributed by atoms with Crippen molar-refractivity contribution >= 4 is 0 Å². The van der Waals surface area contributed by atoms with E-state index in [1.807, 2.05) is 6.92 Å². The van der Waals surface area contributed by atoms with Crippen LogP contribution in [0.1, 0.15) is 87.5 Å². The molecule has 0 heterocycles. The van der Waals surface area contributed by atoms with E-state index in [1.54, 1.807) is 0 Å². The molecule has 1 N–H and O–H groups in total. The van der Waals surface area contributed by atoms with Crippen LogP contribution in [0.5, 0.6) is 5.75 Å². The molecule has 0 saturated heterocycles. The Morgan fingerprint density at radius 3 is 2.76 bits per heavy atom. The zero-order valence-corrected chi connectivity index (χ0v) is 16.3. The highest BCUT2D eigenvalue weighted by atomic mass is 16.3. The molecule has 1 heteroatoms. The van der Waals surface area contributed by atoms with Crippen LogP contribution < -0.4 is 0 Å². The number of phenols is 1. The highest BCUT2D eigenvalue weighted by Gasteiger charge is 2.51. The normalized spacial score (nSPS) is 36.5. The first kappa shape index (κ1) is 17.0. The fourth-order valence-corrected chi connectivity index (χ4v) is 6.63. The van der Waals surface area contributed by atoms with Crippen LogP contribution in [-0.2, 0) is 6.42 Å². The Morgan fingerprint density at radius 1 is 1.20 bits per heavy atom. The summed E-state index contributed by atoms with van der Waals surface area (Å²) in [6.45, 7) is 9.03. The third-order valence-corrected chi connectivity index (χ3v) is 8.25. The van der Waals surface area contributed by atoms with Gasteiger partial charge in [0.15, 0.2) is 0 Å². The standard InChI is InChI=1S/C24H32O/c1-5-7-17-14-21-18(16(3)23(17)25)10-11-20-19(21)12-13-24(4)15(2)8-6-9-22(20)24/h14-15,19-20,22,25H,6,8-13H2,1-4H3. The smallest absolute Gasteiger partial charge is 0.134 e. The summed E-state index contributed by atoms with van der Waals surface area (Å²) >= 11 is 0. The molecule has 1 nitrogen and oxygen atoms in total. The van der Waals surface area contributed by atoms with Crippen molar-refractivity contribution in [3.8, 4) is 17.6 Å². The quantitative estimate of drug-likeness (QED) is 0.580. The predicted octanol–water partition coefficient (Wildman–Crippen LogP) is 5.95. The van der Waals surface area contributed by atoms with E-state index in [0.717, 1.165) is 35.3 Å². The second-order valence-electron chi connectivity index (χ2n) is 9.13. The molecule has 3 aliphatic rings. The Bertz CT molecular complexity index is 750. The molecule has 0 radical (unpaired) electrons. The fourth-order valence-electron chi connectivity index (χ4n) is 6.63. The van der Waals surface area contributed by atoms with Crippen molar-refractivity contribution < 1.29 is 5.11 Å². The average Bonchev–Trinajstić information content (AvgIpc) is 2.60. The Hall–Kier alpha value is -1.42. The lowest BCUT2D eigenvalue weighted by Gasteiger charge is -2.57. The summed E-state index contributed by atoms with van der Waals surface area (Å²) in [5.41, 5.74) is 5.41. The molecular formula is C24H32O. The van der Waals surface area contributed by atoms with E-state index >= 15 is 0 Å². The topological polar surface area (TPSA) is 20.2 Å². The maximum atomic E-state index is 10.5. The Kier molecular flexibility index (Phi) is 4.14. The molecule has 25 heavy (non-hydrogen) atoms. The van der Waals surface area contributed by atoms with Gasteiger partial charge in [0.2, 0.25) is 0 Å². The summed E-state index contributed by atoms with van der Waals surface area (Å²) in [7, 11) is 0. The highest BCUT2D eigenvalue weighted by Crippen LogP contribution is 2.61. The molecule has 4 rings (SSSR count). The van der Waals surface area contributed by atoms with Crippen LogP contribution in [0.4, 0.5) is 0 Å². The predicted molar refractivity (Wildman–Crippen MR) is 104 cm³/mol. The molecule has 1 aromatic carbocycles. The van der Waals surface area contributed by atoms with E-state index in [4.69, 9.17) is 0 Å². The van der Waals surface area contributed by atoms with Crippen LogP contribution in [0.25, 0.3) is 0 Å². The van der Waals surface area contributed by atoms with Gasteiger partial charge < -0.3 is 5.11 Å². The second kappa shape index (κ2) is 6.08. The molecule has 0 bridgehead atoms. The van der Waals surface area contributed by atoms with Crippen LogP contribution in [0.3, 0.4) is 0 Å². The zero-order chi connectivity index (χ0) is 17.8. The number of fused-ring (bicyclic) bond motifs is 5. The van der Waals surface area contributed by atoms with Crippen molar-refractivity contribution in [2.24, 2.45) is 23.2 Å². The monoisotopic (exact) mass is 336 g/mol. The maximum Gasteiger partial charge on any atom is 0.134 e. The lowest BCUT2D eigenvalue weighted by atomic mass is 9.48. The van der Waals surface area contributed by atoms with Gasteiger partial charge in [0.1, 0.15) is 5.75 Å². The molecule has 3 aliphatic carbocycles. The first-order valence-corrected chi connectivity index (χ1v) is 10.3. The van der Waals surface area contributed by atoms with Gasteiger partial charge in [0.25, 0.3) is 0 Å². The molecule has 5 unspecified atom stereocenters. The molecule has 134 valence electrons. The minimum Gasteiger partial charge on any atom is -0.506 e. The van der Waals surface area contributed by atoms with Crippen LogP contribution >= 0.6 is 0 Å². The molecule has 1 aromatic rings. The van der Waals surface area contributed by atoms with Gasteiger partial charge in [-0.2, -0.15) is 0 Å². The second-order valence-corrected chi connectivity index (χ2v) is 9.13. The summed E-state index contributed by atoms with van der Waals surface area (Å²) in [5, 5.41) is 10.5. The van der Waals surface area contributed by atoms with Crippen molar-refractivity contribution in [2.75, 3.05) is 0 Å². The van der Waals surface area contributed by atoms with Gasteiger partial charge in [-0.25, -0.2) is 0 Å². The van der Waals surface area contributed by atoms with E-state index in [0.29, 0.717) is 17.1 Å². The Labute approximate surface area is 153 Å². The van der Waals surface area contributed by atoms with Crippen molar-refractivity contribution in [1.82, 2.24) is 0 Å². The molecule has 0 spiro atoms. The minimum absolute atomic E-state index is 0.415. The molecule has 2 saturated carbocycles. The summed E-state index contributed by atoms with van der Waals surface area (Å²) in [4.78, 5) is 0. The van der Waals surface area contributed by atoms with Crippen LogP contribution in [0.15, 0.2) is 6.07 Å². The van der Waals surface area contributed by atoms with E-state index in [-0.39, 0.29) is 0 Å². The number of hydrogen-bond donors (Lipinski definition) is 1. The number of phenolic OH excluding ortho intramolecular Hbond substituents is 1. The first-order valence-electron chi connectivity index (χ1n) is 10.3. The lowest BCUT2D eigenvalue weighted by molar-refractivity contribution is -0.0434. The Morgan fingerprint density at radius 2 is 2.00 bits per heavy atom. The van der Waals surface area contributed by atoms with E-state index in [2.05, 4.69) is 38.7 Å². The molecule has 2 fully saturated rings. The number of rotatable bonds is 0. The van der Waals surface area contributed by atoms with Gasteiger partial charge in [0, 0.05) is 0 Å². The summed E-state index contributed by atoms with van der Waals surface area (Å²) in [6.07, 6.45) is 9.39. The number of benzene rings is 1. The van der Waals surface area contributed by atoms with Crippen LogP contribution in [0, 0.1) is 41.9 Å². The van der Waals surface area contributed by atoms with Gasteiger partial charge in [-0.05, 0) is 97.8 Å². The van der Waals surface area contributed by atoms with Crippen molar-refractivity contribution in [3.63, 3.8) is 0 Å². The summed E-state index contributed by atoms with van der Waals surface area (Å²) < 4.78 is 0. The highest BCUT2D eigenvalue weighted by molar-refractivity contribution is 5.57. The molecule has 0 aliphatic heterocycles. The number of hydrogen-bond acceptors (Lipinski definition) is 1. The molecular weight excluding hydrogens is 304 g/mol. The van der Waals surface area contributed by atoms with Gasteiger partial charge in [0.05, 0.1) is 5.56 Å². The van der Waals surface area contributed by atoms with Gasteiger partial charge >= 0.3 is 0 Å². The SMILES string of the molecule is CC#Cc1cc2c(c(C)c1O)CCC1C2CCC2(C)C(C)CCCC12. The van der Waals surface area contributed by atoms with Crippen molar-refractivity contribution in [1.29, 1.82) is 0 Å². The van der Waals surface area contributed by atoms with Gasteiger partial charge in [-0.1, -0.05) is 32.6 Å². The van der Waals surface area contributed by atoms with Crippen LogP contribution in [0.2, 0.25) is 0 Å². The largest absolute Gasteiger partial charge is 0.506 e. The fraction of sp³-hybridized carbons (Fsp3) is 0.667. The van der Waals surface area contributed by atoms with Gasteiger partial charge in [-0.15, -0.1) is 5.92 Å². The average molecular weight is 337 g/mol. The van der Waals surface area contributed by atoms with E-state index in [9.17, 15) is 5.11 Å². The first-order chi connectivity index (χ1) is 12.0. The summed E-state index contributed by atoms with van der Waals surface area (Å²) in [6, 6.07) is 2.24. The molecule has 0 aromatic heterocycles. The van der Waals surface area contributed by atoms with Crippen molar-refractivity contribution in [2.45, 2.75) is 78.6 Å². The maximum absolute atomic E-state index is 10.5. The third-order valence-electron chi connectivity index (χ3n) is 8.25. The van der Waals surface area contributed by atoms with Crippen molar-refractivity contribution in [3.05, 3.63) is 28.3 Å². The lowest BCUT2D eigenvalue weighted by Crippen LogP contribution is -2.48. The zero-order valence-electron chi connectivity index (χ0n) is 16.3.